The van der Waals surface area contributed by atoms with Gasteiger partial charge in [0.15, 0.2) is 0 Å². The molecule has 5 nitrogen and oxygen atoms in total. The maximum Gasteiger partial charge on any atom is 0.241 e. The summed E-state index contributed by atoms with van der Waals surface area (Å²) < 4.78 is 12.4. The summed E-state index contributed by atoms with van der Waals surface area (Å²) in [4.78, 5) is 8.04. The van der Waals surface area contributed by atoms with Gasteiger partial charge < -0.3 is 9.26 Å². The van der Waals surface area contributed by atoms with Crippen LogP contribution in [0.3, 0.4) is 0 Å². The van der Waals surface area contributed by atoms with E-state index < -0.39 is 0 Å². The molecular formula is C15H18BrN3O2S. The van der Waals surface area contributed by atoms with Gasteiger partial charge >= 0.3 is 0 Å². The fourth-order valence-corrected chi connectivity index (χ4v) is 4.75. The van der Waals surface area contributed by atoms with E-state index in [1.807, 2.05) is 11.4 Å². The molecule has 1 saturated carbocycles. The number of nitrogens with zero attached hydrogens (tertiary/aromatic N) is 3. The second-order valence-electron chi connectivity index (χ2n) is 5.87. The molecule has 0 bridgehead atoms. The smallest absolute Gasteiger partial charge is 0.241 e. The molecule has 0 spiro atoms. The van der Waals surface area contributed by atoms with Gasteiger partial charge in [0.25, 0.3) is 0 Å². The summed E-state index contributed by atoms with van der Waals surface area (Å²) in [5.41, 5.74) is 0. The number of rotatable bonds is 3. The molecule has 2 fully saturated rings. The summed E-state index contributed by atoms with van der Waals surface area (Å²) in [7, 11) is 0. The molecule has 0 unspecified atom stereocenters. The average molecular weight is 384 g/mol. The predicted octanol–water partition coefficient (Wildman–Crippen LogP) is 3.70. The van der Waals surface area contributed by atoms with Crippen LogP contribution in [0.15, 0.2) is 20.4 Å². The molecule has 3 heterocycles. The Balaban J connectivity index is 1.47. The van der Waals surface area contributed by atoms with E-state index in [0.29, 0.717) is 23.9 Å². The number of aromatic nitrogens is 2. The fraction of sp³-hybridized carbons (Fsp3) is 0.600. The molecule has 2 aliphatic rings. The van der Waals surface area contributed by atoms with Gasteiger partial charge in [-0.05, 0) is 34.8 Å². The molecule has 2 aromatic rings. The summed E-state index contributed by atoms with van der Waals surface area (Å²) in [5.74, 6) is 1.38. The van der Waals surface area contributed by atoms with Crippen LogP contribution in [0.5, 0.6) is 0 Å². The fourth-order valence-electron chi connectivity index (χ4n) is 3.40. The summed E-state index contributed by atoms with van der Waals surface area (Å²) in [6, 6.07) is 2.53. The first-order valence-electron chi connectivity index (χ1n) is 7.72. The van der Waals surface area contributed by atoms with Crippen LogP contribution in [-0.2, 0) is 11.3 Å². The number of morpholine rings is 1. The van der Waals surface area contributed by atoms with Crippen molar-refractivity contribution in [2.75, 3.05) is 13.2 Å². The SMILES string of the molecule is Brc1csc(-c2noc(CN3CCO[C@@H]4CCCC[C@H]43)n2)c1. The van der Waals surface area contributed by atoms with Crippen molar-refractivity contribution < 1.29 is 9.26 Å². The Morgan fingerprint density at radius 3 is 3.14 bits per heavy atom. The third-order valence-electron chi connectivity index (χ3n) is 4.44. The Morgan fingerprint density at radius 2 is 2.27 bits per heavy atom. The van der Waals surface area contributed by atoms with Gasteiger partial charge in [0.1, 0.15) is 0 Å². The normalized spacial score (nSPS) is 26.0. The number of thiophene rings is 1. The molecule has 1 saturated heterocycles. The second-order valence-corrected chi connectivity index (χ2v) is 7.70. The number of halogens is 1. The van der Waals surface area contributed by atoms with Crippen LogP contribution in [0.2, 0.25) is 0 Å². The van der Waals surface area contributed by atoms with Crippen LogP contribution < -0.4 is 0 Å². The molecule has 22 heavy (non-hydrogen) atoms. The standard InChI is InChI=1S/C15H18BrN3O2S/c16-10-7-13(22-9-10)15-17-14(21-18-15)8-19-5-6-20-12-4-2-1-3-11(12)19/h7,9,11-12H,1-6,8H2/t11-,12-/m1/s1. The van der Waals surface area contributed by atoms with E-state index in [9.17, 15) is 0 Å². The van der Waals surface area contributed by atoms with E-state index in [1.165, 1.54) is 25.7 Å². The maximum atomic E-state index is 5.92. The van der Waals surface area contributed by atoms with Gasteiger partial charge in [0.05, 0.1) is 24.1 Å². The summed E-state index contributed by atoms with van der Waals surface area (Å²) in [5, 5.41) is 6.14. The Morgan fingerprint density at radius 1 is 1.36 bits per heavy atom. The lowest BCUT2D eigenvalue weighted by Crippen LogP contribution is -2.52. The lowest BCUT2D eigenvalue weighted by Gasteiger charge is -2.43. The minimum Gasteiger partial charge on any atom is -0.375 e. The third kappa shape index (κ3) is 2.99. The highest BCUT2D eigenvalue weighted by Gasteiger charge is 2.34. The number of ether oxygens (including phenoxy) is 1. The van der Waals surface area contributed by atoms with Crippen LogP contribution in [0.1, 0.15) is 31.6 Å². The zero-order valence-corrected chi connectivity index (χ0v) is 14.6. The van der Waals surface area contributed by atoms with Gasteiger partial charge in [0, 0.05) is 22.4 Å². The number of hydrogen-bond donors (Lipinski definition) is 0. The molecule has 1 aliphatic heterocycles. The summed E-state index contributed by atoms with van der Waals surface area (Å²) in [6.07, 6.45) is 5.35. The van der Waals surface area contributed by atoms with E-state index >= 15 is 0 Å². The lowest BCUT2D eigenvalue weighted by molar-refractivity contribution is -0.0933. The van der Waals surface area contributed by atoms with Crippen LogP contribution >= 0.6 is 27.3 Å². The highest BCUT2D eigenvalue weighted by atomic mass is 79.9. The second kappa shape index (κ2) is 6.39. The molecule has 7 heteroatoms. The molecular weight excluding hydrogens is 366 g/mol. The molecule has 0 aromatic carbocycles. The van der Waals surface area contributed by atoms with E-state index in [1.54, 1.807) is 11.3 Å². The van der Waals surface area contributed by atoms with E-state index in [0.717, 1.165) is 29.0 Å². The first-order valence-corrected chi connectivity index (χ1v) is 9.39. The molecule has 2 aromatic heterocycles. The Hall–Kier alpha value is -0.760. The monoisotopic (exact) mass is 383 g/mol. The Labute approximate surface area is 141 Å². The quantitative estimate of drug-likeness (QED) is 0.808. The minimum atomic E-state index is 0.387. The van der Waals surface area contributed by atoms with Crippen molar-refractivity contribution in [2.45, 2.75) is 44.4 Å². The number of hydrogen-bond acceptors (Lipinski definition) is 6. The zero-order valence-electron chi connectivity index (χ0n) is 12.2. The van der Waals surface area contributed by atoms with Crippen molar-refractivity contribution >= 4 is 27.3 Å². The first-order chi connectivity index (χ1) is 10.8. The average Bonchev–Trinajstić information content (AvgIpc) is 3.17. The molecule has 0 radical (unpaired) electrons. The van der Waals surface area contributed by atoms with Gasteiger partial charge in [0.2, 0.25) is 11.7 Å². The molecule has 4 rings (SSSR count). The molecule has 0 N–H and O–H groups in total. The van der Waals surface area contributed by atoms with Crippen molar-refractivity contribution in [3.8, 4) is 10.7 Å². The van der Waals surface area contributed by atoms with E-state index in [2.05, 4.69) is 31.0 Å². The molecule has 1 aliphatic carbocycles. The van der Waals surface area contributed by atoms with Crippen LogP contribution in [0.25, 0.3) is 10.7 Å². The molecule has 0 amide bonds. The van der Waals surface area contributed by atoms with E-state index in [4.69, 9.17) is 9.26 Å². The lowest BCUT2D eigenvalue weighted by atomic mass is 9.90. The van der Waals surface area contributed by atoms with Crippen molar-refractivity contribution in [2.24, 2.45) is 0 Å². The van der Waals surface area contributed by atoms with Gasteiger partial charge in [-0.25, -0.2) is 0 Å². The van der Waals surface area contributed by atoms with Crippen LogP contribution in [-0.4, -0.2) is 40.3 Å². The minimum absolute atomic E-state index is 0.387. The highest BCUT2D eigenvalue weighted by molar-refractivity contribution is 9.10. The van der Waals surface area contributed by atoms with Crippen molar-refractivity contribution in [1.82, 2.24) is 15.0 Å². The van der Waals surface area contributed by atoms with Crippen LogP contribution in [0.4, 0.5) is 0 Å². The van der Waals surface area contributed by atoms with Gasteiger partial charge in [-0.1, -0.05) is 18.0 Å². The van der Waals surface area contributed by atoms with Crippen molar-refractivity contribution in [3.05, 3.63) is 21.8 Å². The third-order valence-corrected chi connectivity index (χ3v) is 6.13. The highest BCUT2D eigenvalue weighted by Crippen LogP contribution is 2.30. The molecule has 118 valence electrons. The van der Waals surface area contributed by atoms with Gasteiger partial charge in [-0.3, -0.25) is 4.90 Å². The maximum absolute atomic E-state index is 5.92. The largest absolute Gasteiger partial charge is 0.375 e. The topological polar surface area (TPSA) is 51.4 Å². The van der Waals surface area contributed by atoms with Gasteiger partial charge in [-0.15, -0.1) is 11.3 Å². The van der Waals surface area contributed by atoms with E-state index in [-0.39, 0.29) is 0 Å². The van der Waals surface area contributed by atoms with Crippen molar-refractivity contribution in [3.63, 3.8) is 0 Å². The van der Waals surface area contributed by atoms with Crippen LogP contribution in [0, 0.1) is 0 Å². The number of fused-ring (bicyclic) bond motifs is 1. The zero-order chi connectivity index (χ0) is 14.9. The first kappa shape index (κ1) is 14.8. The molecule has 2 atom stereocenters. The predicted molar refractivity (Wildman–Crippen MR) is 87.7 cm³/mol. The Bertz CT molecular complexity index is 642. The Kier molecular flexibility index (Phi) is 4.30. The summed E-state index contributed by atoms with van der Waals surface area (Å²) >= 11 is 5.07. The van der Waals surface area contributed by atoms with Gasteiger partial charge in [-0.2, -0.15) is 4.98 Å². The summed E-state index contributed by atoms with van der Waals surface area (Å²) in [6.45, 7) is 2.48. The van der Waals surface area contributed by atoms with Crippen molar-refractivity contribution in [1.29, 1.82) is 0 Å².